The summed E-state index contributed by atoms with van der Waals surface area (Å²) in [5, 5.41) is 10.1. The third kappa shape index (κ3) is 2.83. The summed E-state index contributed by atoms with van der Waals surface area (Å²) in [6.45, 7) is 0.939. The normalized spacial score (nSPS) is 20.1. The molecule has 0 bridgehead atoms. The Morgan fingerprint density at radius 2 is 2.18 bits per heavy atom. The molecule has 0 N–H and O–H groups in total. The summed E-state index contributed by atoms with van der Waals surface area (Å²) in [4.78, 5) is 17.2. The third-order valence-corrected chi connectivity index (χ3v) is 2.78. The predicted octanol–water partition coefficient (Wildman–Crippen LogP) is 1.88. The molecule has 0 aliphatic carbocycles. The molecule has 0 saturated carbocycles. The van der Waals surface area contributed by atoms with Crippen molar-refractivity contribution in [1.82, 2.24) is 5.06 Å². The summed E-state index contributed by atoms with van der Waals surface area (Å²) in [5.74, 6) is -0.755. The molecule has 1 amide bonds. The Morgan fingerprint density at radius 1 is 1.41 bits per heavy atom. The zero-order valence-electron chi connectivity index (χ0n) is 9.50. The second-order valence-electron chi connectivity index (χ2n) is 4.02. The van der Waals surface area contributed by atoms with E-state index in [4.69, 9.17) is 10.1 Å². The maximum Gasteiger partial charge on any atom is 0.263 e. The highest BCUT2D eigenvalue weighted by Gasteiger charge is 2.29. The molecule has 1 aliphatic rings. The van der Waals surface area contributed by atoms with Crippen LogP contribution < -0.4 is 0 Å². The Bertz CT molecular complexity index is 425. The van der Waals surface area contributed by atoms with Crippen LogP contribution in [0.15, 0.2) is 30.3 Å². The van der Waals surface area contributed by atoms with Gasteiger partial charge in [0.2, 0.25) is 0 Å². The van der Waals surface area contributed by atoms with E-state index in [0.29, 0.717) is 19.6 Å². The van der Waals surface area contributed by atoms with Crippen LogP contribution in [0.25, 0.3) is 0 Å². The van der Waals surface area contributed by atoms with E-state index >= 15 is 0 Å². The Morgan fingerprint density at radius 3 is 2.88 bits per heavy atom. The van der Waals surface area contributed by atoms with Crippen molar-refractivity contribution in [2.75, 3.05) is 6.54 Å². The monoisotopic (exact) mass is 230 g/mol. The first-order valence-electron chi connectivity index (χ1n) is 5.69. The van der Waals surface area contributed by atoms with E-state index in [1.807, 2.05) is 36.4 Å². The first kappa shape index (κ1) is 11.6. The van der Waals surface area contributed by atoms with Gasteiger partial charge in [0, 0.05) is 6.54 Å². The standard InChI is InChI=1S/C13H14N2O2/c14-9-12-7-4-8-15(13(12)16)17-10-11-5-2-1-3-6-11/h1-3,5-6,12H,4,7-8,10H2. The fraction of sp³-hybridized carbons (Fsp3) is 0.385. The first-order valence-corrected chi connectivity index (χ1v) is 5.69. The van der Waals surface area contributed by atoms with Crippen LogP contribution in [0.3, 0.4) is 0 Å². The lowest BCUT2D eigenvalue weighted by atomic mass is 10.0. The highest BCUT2D eigenvalue weighted by Crippen LogP contribution is 2.18. The van der Waals surface area contributed by atoms with Crippen molar-refractivity contribution in [2.45, 2.75) is 19.4 Å². The maximum atomic E-state index is 11.8. The first-order chi connectivity index (χ1) is 8.31. The number of nitriles is 1. The minimum atomic E-state index is -0.542. The molecular formula is C13H14N2O2. The predicted molar refractivity (Wildman–Crippen MR) is 61.3 cm³/mol. The number of carbonyl (C=O) groups excluding carboxylic acids is 1. The molecule has 1 aromatic carbocycles. The summed E-state index contributed by atoms with van der Waals surface area (Å²) in [5.41, 5.74) is 1.01. The van der Waals surface area contributed by atoms with Crippen LogP contribution in [0.4, 0.5) is 0 Å². The van der Waals surface area contributed by atoms with Gasteiger partial charge in [-0.25, -0.2) is 5.06 Å². The molecule has 1 aliphatic heterocycles. The van der Waals surface area contributed by atoms with Crippen molar-refractivity contribution in [3.63, 3.8) is 0 Å². The zero-order chi connectivity index (χ0) is 12.1. The average molecular weight is 230 g/mol. The zero-order valence-corrected chi connectivity index (χ0v) is 9.50. The van der Waals surface area contributed by atoms with Gasteiger partial charge < -0.3 is 0 Å². The van der Waals surface area contributed by atoms with E-state index in [2.05, 4.69) is 0 Å². The molecule has 0 radical (unpaired) electrons. The molecule has 1 saturated heterocycles. The second-order valence-corrected chi connectivity index (χ2v) is 4.02. The van der Waals surface area contributed by atoms with E-state index in [1.54, 1.807) is 0 Å². The Labute approximate surface area is 100 Å². The maximum absolute atomic E-state index is 11.8. The average Bonchev–Trinajstić information content (AvgIpc) is 2.39. The molecule has 17 heavy (non-hydrogen) atoms. The quantitative estimate of drug-likeness (QED) is 0.796. The molecule has 0 spiro atoms. The second kappa shape index (κ2) is 5.46. The van der Waals surface area contributed by atoms with Gasteiger partial charge in [-0.05, 0) is 18.4 Å². The molecular weight excluding hydrogens is 216 g/mol. The van der Waals surface area contributed by atoms with Gasteiger partial charge >= 0.3 is 0 Å². The fourth-order valence-corrected chi connectivity index (χ4v) is 1.82. The Kier molecular flexibility index (Phi) is 3.73. The van der Waals surface area contributed by atoms with E-state index < -0.39 is 5.92 Å². The van der Waals surface area contributed by atoms with Crippen LogP contribution in [0.1, 0.15) is 18.4 Å². The molecule has 0 aromatic heterocycles. The summed E-state index contributed by atoms with van der Waals surface area (Å²) in [6.07, 6.45) is 1.46. The number of benzene rings is 1. The van der Waals surface area contributed by atoms with Crippen LogP contribution in [0, 0.1) is 17.2 Å². The van der Waals surface area contributed by atoms with Crippen LogP contribution >= 0.6 is 0 Å². The number of piperidine rings is 1. The smallest absolute Gasteiger partial charge is 0.263 e. The van der Waals surface area contributed by atoms with Gasteiger partial charge in [0.15, 0.2) is 0 Å². The lowest BCUT2D eigenvalue weighted by molar-refractivity contribution is -0.200. The molecule has 2 rings (SSSR count). The van der Waals surface area contributed by atoms with Gasteiger partial charge in [-0.1, -0.05) is 30.3 Å². The minimum absolute atomic E-state index is 0.213. The van der Waals surface area contributed by atoms with Crippen molar-refractivity contribution >= 4 is 5.91 Å². The highest BCUT2D eigenvalue weighted by molar-refractivity contribution is 5.80. The number of hydroxylamine groups is 2. The molecule has 1 atom stereocenters. The lowest BCUT2D eigenvalue weighted by Gasteiger charge is -2.28. The topological polar surface area (TPSA) is 53.3 Å². The molecule has 4 heteroatoms. The van der Waals surface area contributed by atoms with Crippen LogP contribution in [-0.4, -0.2) is 17.5 Å². The number of hydrogen-bond acceptors (Lipinski definition) is 3. The van der Waals surface area contributed by atoms with Gasteiger partial charge in [0.25, 0.3) is 5.91 Å². The van der Waals surface area contributed by atoms with E-state index in [-0.39, 0.29) is 5.91 Å². The molecule has 1 unspecified atom stereocenters. The van der Waals surface area contributed by atoms with Crippen LogP contribution in [0.2, 0.25) is 0 Å². The van der Waals surface area contributed by atoms with Crippen molar-refractivity contribution < 1.29 is 9.63 Å². The van der Waals surface area contributed by atoms with Gasteiger partial charge in [-0.3, -0.25) is 9.63 Å². The van der Waals surface area contributed by atoms with Crippen molar-refractivity contribution in [3.05, 3.63) is 35.9 Å². The summed E-state index contributed by atoms with van der Waals surface area (Å²) in [6, 6.07) is 11.7. The molecule has 4 nitrogen and oxygen atoms in total. The van der Waals surface area contributed by atoms with E-state index in [1.165, 1.54) is 5.06 Å². The summed E-state index contributed by atoms with van der Waals surface area (Å²) >= 11 is 0. The highest BCUT2D eigenvalue weighted by atomic mass is 16.7. The van der Waals surface area contributed by atoms with Crippen molar-refractivity contribution in [3.8, 4) is 6.07 Å². The number of carbonyl (C=O) groups is 1. The van der Waals surface area contributed by atoms with Gasteiger partial charge in [-0.2, -0.15) is 5.26 Å². The SMILES string of the molecule is N#CC1CCCN(OCc2ccccc2)C1=O. The largest absolute Gasteiger partial charge is 0.271 e. The van der Waals surface area contributed by atoms with E-state index in [0.717, 1.165) is 12.0 Å². The summed E-state index contributed by atoms with van der Waals surface area (Å²) in [7, 11) is 0. The summed E-state index contributed by atoms with van der Waals surface area (Å²) < 4.78 is 0. The van der Waals surface area contributed by atoms with Gasteiger partial charge in [0.1, 0.15) is 12.5 Å². The molecule has 1 aromatic rings. The van der Waals surface area contributed by atoms with Crippen molar-refractivity contribution in [1.29, 1.82) is 5.26 Å². The van der Waals surface area contributed by atoms with Gasteiger partial charge in [0.05, 0.1) is 6.07 Å². The Hall–Kier alpha value is -1.86. The van der Waals surface area contributed by atoms with Gasteiger partial charge in [-0.15, -0.1) is 0 Å². The number of nitrogens with zero attached hydrogens (tertiary/aromatic N) is 2. The van der Waals surface area contributed by atoms with Crippen LogP contribution in [-0.2, 0) is 16.2 Å². The molecule has 1 heterocycles. The lowest BCUT2D eigenvalue weighted by Crippen LogP contribution is -2.40. The van der Waals surface area contributed by atoms with Crippen molar-refractivity contribution in [2.24, 2.45) is 5.92 Å². The van der Waals surface area contributed by atoms with Crippen LogP contribution in [0.5, 0.6) is 0 Å². The van der Waals surface area contributed by atoms with E-state index in [9.17, 15) is 4.79 Å². The fourth-order valence-electron chi connectivity index (χ4n) is 1.82. The molecule has 88 valence electrons. The minimum Gasteiger partial charge on any atom is -0.271 e. The Balaban J connectivity index is 1.91. The number of rotatable bonds is 3. The number of hydrogen-bond donors (Lipinski definition) is 0. The number of amides is 1. The third-order valence-electron chi connectivity index (χ3n) is 2.78. The molecule has 1 fully saturated rings.